The number of aliphatic imine (C=N–C) groups is 1. The number of para-hydroxylation sites is 1. The molecule has 3 rings (SSSR count). The molecule has 0 saturated carbocycles. The Bertz CT molecular complexity index is 939. The molecule has 3 aromatic rings. The van der Waals surface area contributed by atoms with Gasteiger partial charge in [-0.25, -0.2) is 0 Å². The monoisotopic (exact) mass is 508 g/mol. The lowest BCUT2D eigenvalue weighted by molar-refractivity contribution is 0.355. The number of aromatic nitrogens is 1. The minimum Gasteiger partial charge on any atom is -0.493 e. The Morgan fingerprint density at radius 2 is 1.86 bits per heavy atom. The number of rotatable bonds is 8. The van der Waals surface area contributed by atoms with Crippen molar-refractivity contribution in [2.24, 2.45) is 4.99 Å². The maximum absolute atomic E-state index is 5.37. The fourth-order valence-electron chi connectivity index (χ4n) is 3.16. The highest BCUT2D eigenvalue weighted by atomic mass is 127. The highest BCUT2D eigenvalue weighted by Crippen LogP contribution is 2.29. The quantitative estimate of drug-likeness (QED) is 0.177. The third-order valence-electron chi connectivity index (χ3n) is 4.54. The number of methoxy groups -OCH3 is 2. The molecule has 0 amide bonds. The molecule has 1 heterocycles. The normalized spacial score (nSPS) is 11.1. The number of anilines is 1. The van der Waals surface area contributed by atoms with E-state index in [1.54, 1.807) is 14.2 Å². The second kappa shape index (κ2) is 11.5. The van der Waals surface area contributed by atoms with Crippen LogP contribution in [-0.4, -0.2) is 38.3 Å². The number of hydrogen-bond acceptors (Lipinski definition) is 3. The first kappa shape index (κ1) is 22.9. The lowest BCUT2D eigenvalue weighted by Gasteiger charge is -2.13. The SMILES string of the molecule is CCNC(=NCCCc1c[nH]c2ccccc12)Nc1ccc(OC)c(OC)c1.I. The first-order valence-electron chi connectivity index (χ1n) is 9.57. The zero-order chi connectivity index (χ0) is 19.8. The van der Waals surface area contributed by atoms with Crippen LogP contribution in [0.4, 0.5) is 5.69 Å². The number of hydrogen-bond donors (Lipinski definition) is 3. The number of nitrogens with one attached hydrogen (secondary N) is 3. The third kappa shape index (κ3) is 6.03. The van der Waals surface area contributed by atoms with Crippen LogP contribution >= 0.6 is 24.0 Å². The van der Waals surface area contributed by atoms with Gasteiger partial charge >= 0.3 is 0 Å². The third-order valence-corrected chi connectivity index (χ3v) is 4.54. The first-order valence-corrected chi connectivity index (χ1v) is 9.57. The van der Waals surface area contributed by atoms with Gasteiger partial charge in [-0.1, -0.05) is 18.2 Å². The molecular formula is C22H29IN4O2. The van der Waals surface area contributed by atoms with Crippen LogP contribution < -0.4 is 20.1 Å². The van der Waals surface area contributed by atoms with Gasteiger partial charge in [0.2, 0.25) is 0 Å². The summed E-state index contributed by atoms with van der Waals surface area (Å²) in [6, 6.07) is 14.1. The van der Waals surface area contributed by atoms with Gasteiger partial charge in [-0.3, -0.25) is 4.99 Å². The summed E-state index contributed by atoms with van der Waals surface area (Å²) in [6.07, 6.45) is 4.06. The Kier molecular flexibility index (Phi) is 9.11. The van der Waals surface area contributed by atoms with Crippen LogP contribution in [-0.2, 0) is 6.42 Å². The number of aryl methyl sites for hydroxylation is 1. The molecule has 0 bridgehead atoms. The lowest BCUT2D eigenvalue weighted by atomic mass is 10.1. The van der Waals surface area contributed by atoms with Crippen molar-refractivity contribution < 1.29 is 9.47 Å². The predicted molar refractivity (Wildman–Crippen MR) is 131 cm³/mol. The van der Waals surface area contributed by atoms with Crippen LogP contribution in [0.5, 0.6) is 11.5 Å². The number of aromatic amines is 1. The zero-order valence-corrected chi connectivity index (χ0v) is 19.4. The van der Waals surface area contributed by atoms with Crippen LogP contribution in [0.2, 0.25) is 0 Å². The standard InChI is InChI=1S/C22H28N4O2.HI/c1-4-23-22(26-17-11-12-20(27-2)21(14-17)28-3)24-13-7-8-16-15-25-19-10-6-5-9-18(16)19;/h5-6,9-12,14-15,25H,4,7-8,13H2,1-3H3,(H2,23,24,26);1H. The molecule has 0 radical (unpaired) electrons. The Balaban J connectivity index is 0.00000300. The highest BCUT2D eigenvalue weighted by molar-refractivity contribution is 14.0. The van der Waals surface area contributed by atoms with Gasteiger partial charge in [0.15, 0.2) is 17.5 Å². The summed E-state index contributed by atoms with van der Waals surface area (Å²) < 4.78 is 10.7. The summed E-state index contributed by atoms with van der Waals surface area (Å²) in [7, 11) is 3.26. The summed E-state index contributed by atoms with van der Waals surface area (Å²) in [5, 5.41) is 7.90. The molecule has 0 aliphatic heterocycles. The summed E-state index contributed by atoms with van der Waals surface area (Å²) in [5.41, 5.74) is 3.42. The van der Waals surface area contributed by atoms with Gasteiger partial charge in [-0.2, -0.15) is 0 Å². The summed E-state index contributed by atoms with van der Waals surface area (Å²) in [4.78, 5) is 8.03. The molecular weight excluding hydrogens is 479 g/mol. The fraction of sp³-hybridized carbons (Fsp3) is 0.318. The molecule has 2 aromatic carbocycles. The average Bonchev–Trinajstić information content (AvgIpc) is 3.14. The van der Waals surface area contributed by atoms with E-state index in [0.29, 0.717) is 11.5 Å². The maximum Gasteiger partial charge on any atom is 0.195 e. The van der Waals surface area contributed by atoms with E-state index in [1.807, 2.05) is 18.2 Å². The van der Waals surface area contributed by atoms with Gasteiger partial charge in [0.1, 0.15) is 0 Å². The number of nitrogens with zero attached hydrogens (tertiary/aromatic N) is 1. The van der Waals surface area contributed by atoms with Gasteiger partial charge in [0, 0.05) is 41.9 Å². The fourth-order valence-corrected chi connectivity index (χ4v) is 3.16. The van der Waals surface area contributed by atoms with E-state index < -0.39 is 0 Å². The van der Waals surface area contributed by atoms with E-state index in [2.05, 4.69) is 53.0 Å². The molecule has 0 fully saturated rings. The smallest absolute Gasteiger partial charge is 0.195 e. The van der Waals surface area contributed by atoms with E-state index in [9.17, 15) is 0 Å². The Morgan fingerprint density at radius 3 is 2.62 bits per heavy atom. The van der Waals surface area contributed by atoms with Crippen molar-refractivity contribution in [2.75, 3.05) is 32.6 Å². The first-order chi connectivity index (χ1) is 13.7. The summed E-state index contributed by atoms with van der Waals surface area (Å²) in [6.45, 7) is 3.58. The Morgan fingerprint density at radius 1 is 1.07 bits per heavy atom. The van der Waals surface area contributed by atoms with E-state index in [0.717, 1.165) is 37.6 Å². The molecule has 0 saturated heterocycles. The number of ether oxygens (including phenoxy) is 2. The molecule has 6 nitrogen and oxygen atoms in total. The van der Waals surface area contributed by atoms with Crippen molar-refractivity contribution >= 4 is 46.5 Å². The van der Waals surface area contributed by atoms with E-state index in [4.69, 9.17) is 14.5 Å². The predicted octanol–water partition coefficient (Wildman–Crippen LogP) is 4.81. The summed E-state index contributed by atoms with van der Waals surface area (Å²) >= 11 is 0. The minimum absolute atomic E-state index is 0. The topological polar surface area (TPSA) is 70.7 Å². The maximum atomic E-state index is 5.37. The molecule has 156 valence electrons. The lowest BCUT2D eigenvalue weighted by Crippen LogP contribution is -2.30. The number of benzene rings is 2. The molecule has 7 heteroatoms. The van der Waals surface area contributed by atoms with Crippen molar-refractivity contribution in [2.45, 2.75) is 19.8 Å². The van der Waals surface area contributed by atoms with Gasteiger partial charge in [0.25, 0.3) is 0 Å². The number of fused-ring (bicyclic) bond motifs is 1. The molecule has 0 atom stereocenters. The van der Waals surface area contributed by atoms with Gasteiger partial charge in [0.05, 0.1) is 14.2 Å². The number of guanidine groups is 1. The highest BCUT2D eigenvalue weighted by Gasteiger charge is 2.06. The van der Waals surface area contributed by atoms with Crippen molar-refractivity contribution in [3.8, 4) is 11.5 Å². The Labute approximate surface area is 189 Å². The van der Waals surface area contributed by atoms with Crippen LogP contribution in [0.15, 0.2) is 53.7 Å². The molecule has 0 aliphatic carbocycles. The van der Waals surface area contributed by atoms with E-state index in [1.165, 1.54) is 16.5 Å². The molecule has 0 unspecified atom stereocenters. The van der Waals surface area contributed by atoms with E-state index >= 15 is 0 Å². The van der Waals surface area contributed by atoms with E-state index in [-0.39, 0.29) is 24.0 Å². The molecule has 29 heavy (non-hydrogen) atoms. The van der Waals surface area contributed by atoms with Crippen LogP contribution in [0.3, 0.4) is 0 Å². The average molecular weight is 508 g/mol. The van der Waals surface area contributed by atoms with Crippen molar-refractivity contribution in [1.82, 2.24) is 10.3 Å². The molecule has 1 aromatic heterocycles. The second-order valence-electron chi connectivity index (χ2n) is 6.42. The van der Waals surface area contributed by atoms with Gasteiger partial charge in [-0.05, 0) is 43.5 Å². The molecule has 3 N–H and O–H groups in total. The second-order valence-corrected chi connectivity index (χ2v) is 6.42. The van der Waals surface area contributed by atoms with Crippen molar-refractivity contribution in [3.05, 3.63) is 54.2 Å². The molecule has 0 aliphatic rings. The largest absolute Gasteiger partial charge is 0.493 e. The van der Waals surface area contributed by atoms with Crippen LogP contribution in [0, 0.1) is 0 Å². The van der Waals surface area contributed by atoms with Crippen molar-refractivity contribution in [1.29, 1.82) is 0 Å². The number of halogens is 1. The number of H-pyrrole nitrogens is 1. The van der Waals surface area contributed by atoms with Gasteiger partial charge in [-0.15, -0.1) is 24.0 Å². The van der Waals surface area contributed by atoms with Crippen LogP contribution in [0.25, 0.3) is 10.9 Å². The van der Waals surface area contributed by atoms with Crippen LogP contribution in [0.1, 0.15) is 18.9 Å². The Hall–Kier alpha value is -2.42. The summed E-state index contributed by atoms with van der Waals surface area (Å²) in [5.74, 6) is 2.14. The molecule has 0 spiro atoms. The van der Waals surface area contributed by atoms with Crippen molar-refractivity contribution in [3.63, 3.8) is 0 Å². The minimum atomic E-state index is 0. The van der Waals surface area contributed by atoms with Gasteiger partial charge < -0.3 is 25.1 Å². The zero-order valence-electron chi connectivity index (χ0n) is 17.1.